The zero-order valence-corrected chi connectivity index (χ0v) is 10.1. The van der Waals surface area contributed by atoms with Gasteiger partial charge in [-0.05, 0) is 26.2 Å². The van der Waals surface area contributed by atoms with Crippen molar-refractivity contribution in [3.63, 3.8) is 0 Å². The Balaban J connectivity index is 1.76. The lowest BCUT2D eigenvalue weighted by atomic mass is 9.95. The molecule has 0 bridgehead atoms. The lowest BCUT2D eigenvalue weighted by molar-refractivity contribution is -0.150. The van der Waals surface area contributed by atoms with Crippen molar-refractivity contribution >= 4 is 5.91 Å². The standard InChI is InChI=1S/C11H18N4O2/c1-11(4-2-3-9-17-11)10(16)12-5-7-15-8-6-13-14-15/h6,8H,2-5,7,9H2,1H3,(H,12,16)/t11-/m1/s1. The van der Waals surface area contributed by atoms with Crippen molar-refractivity contribution in [3.05, 3.63) is 12.4 Å². The molecule has 2 heterocycles. The van der Waals surface area contributed by atoms with E-state index in [0.717, 1.165) is 19.3 Å². The SMILES string of the molecule is C[C@]1(C(=O)NCCn2ccnn2)CCCCO1. The highest BCUT2D eigenvalue weighted by molar-refractivity contribution is 5.84. The van der Waals surface area contributed by atoms with Gasteiger partial charge in [0.15, 0.2) is 0 Å². The van der Waals surface area contributed by atoms with E-state index in [2.05, 4.69) is 15.6 Å². The molecule has 0 aliphatic carbocycles. The number of aromatic nitrogens is 3. The van der Waals surface area contributed by atoms with E-state index in [1.807, 2.05) is 6.92 Å². The predicted octanol–water partition coefficient (Wildman–Crippen LogP) is 0.353. The van der Waals surface area contributed by atoms with Crippen molar-refractivity contribution in [1.82, 2.24) is 20.3 Å². The molecule has 94 valence electrons. The quantitative estimate of drug-likeness (QED) is 0.822. The highest BCUT2D eigenvalue weighted by atomic mass is 16.5. The highest BCUT2D eigenvalue weighted by Gasteiger charge is 2.35. The molecule has 1 fully saturated rings. The molecule has 6 heteroatoms. The normalized spacial score (nSPS) is 24.5. The Morgan fingerprint density at radius 2 is 2.47 bits per heavy atom. The van der Waals surface area contributed by atoms with Crippen LogP contribution in [0.1, 0.15) is 26.2 Å². The summed E-state index contributed by atoms with van der Waals surface area (Å²) in [4.78, 5) is 12.0. The van der Waals surface area contributed by atoms with Gasteiger partial charge in [0.05, 0.1) is 12.7 Å². The smallest absolute Gasteiger partial charge is 0.252 e. The molecular weight excluding hydrogens is 220 g/mol. The summed E-state index contributed by atoms with van der Waals surface area (Å²) in [6, 6.07) is 0. The second-order valence-corrected chi connectivity index (χ2v) is 4.46. The molecule has 2 rings (SSSR count). The average molecular weight is 238 g/mol. The maximum absolute atomic E-state index is 12.0. The number of carbonyl (C=O) groups excluding carboxylic acids is 1. The Labute approximate surface area is 100 Å². The molecule has 1 N–H and O–H groups in total. The van der Waals surface area contributed by atoms with Gasteiger partial charge < -0.3 is 10.1 Å². The molecule has 1 aromatic heterocycles. The fourth-order valence-electron chi connectivity index (χ4n) is 1.94. The van der Waals surface area contributed by atoms with E-state index < -0.39 is 5.60 Å². The van der Waals surface area contributed by atoms with Crippen molar-refractivity contribution in [2.45, 2.75) is 38.3 Å². The molecule has 0 spiro atoms. The summed E-state index contributed by atoms with van der Waals surface area (Å²) in [5.41, 5.74) is -0.652. The van der Waals surface area contributed by atoms with Crippen LogP contribution in [0.4, 0.5) is 0 Å². The van der Waals surface area contributed by atoms with Gasteiger partial charge in [0.2, 0.25) is 0 Å². The van der Waals surface area contributed by atoms with Crippen molar-refractivity contribution in [1.29, 1.82) is 0 Å². The van der Waals surface area contributed by atoms with Crippen LogP contribution in [-0.2, 0) is 16.1 Å². The number of nitrogens with one attached hydrogen (secondary N) is 1. The van der Waals surface area contributed by atoms with Crippen molar-refractivity contribution in [2.75, 3.05) is 13.2 Å². The Morgan fingerprint density at radius 1 is 1.59 bits per heavy atom. The number of amides is 1. The van der Waals surface area contributed by atoms with Crippen LogP contribution in [-0.4, -0.2) is 39.7 Å². The number of carbonyl (C=O) groups is 1. The minimum absolute atomic E-state index is 0.0303. The third-order valence-corrected chi connectivity index (χ3v) is 3.05. The first-order valence-electron chi connectivity index (χ1n) is 5.97. The van der Waals surface area contributed by atoms with E-state index in [1.165, 1.54) is 0 Å². The van der Waals surface area contributed by atoms with Crippen LogP contribution in [0.2, 0.25) is 0 Å². The van der Waals surface area contributed by atoms with Crippen molar-refractivity contribution in [2.24, 2.45) is 0 Å². The molecule has 17 heavy (non-hydrogen) atoms. The summed E-state index contributed by atoms with van der Waals surface area (Å²) in [6.45, 7) is 3.70. The molecule has 0 saturated carbocycles. The van der Waals surface area contributed by atoms with Crippen LogP contribution in [0.25, 0.3) is 0 Å². The van der Waals surface area contributed by atoms with Crippen LogP contribution in [0.15, 0.2) is 12.4 Å². The van der Waals surface area contributed by atoms with Crippen LogP contribution < -0.4 is 5.32 Å². The van der Waals surface area contributed by atoms with Gasteiger partial charge in [-0.3, -0.25) is 9.48 Å². The van der Waals surface area contributed by atoms with E-state index >= 15 is 0 Å². The third kappa shape index (κ3) is 3.03. The van der Waals surface area contributed by atoms with E-state index in [-0.39, 0.29) is 5.91 Å². The summed E-state index contributed by atoms with van der Waals surface area (Å²) >= 11 is 0. The molecule has 0 radical (unpaired) electrons. The maximum Gasteiger partial charge on any atom is 0.252 e. The zero-order chi connectivity index (χ0) is 12.1. The second-order valence-electron chi connectivity index (χ2n) is 4.46. The van der Waals surface area contributed by atoms with Gasteiger partial charge >= 0.3 is 0 Å². The Kier molecular flexibility index (Phi) is 3.73. The predicted molar refractivity (Wildman–Crippen MR) is 61.2 cm³/mol. The van der Waals surface area contributed by atoms with Gasteiger partial charge in [-0.15, -0.1) is 5.10 Å². The average Bonchev–Trinajstić information content (AvgIpc) is 2.83. The molecular formula is C11H18N4O2. The van der Waals surface area contributed by atoms with Gasteiger partial charge in [0.1, 0.15) is 5.60 Å². The maximum atomic E-state index is 12.0. The van der Waals surface area contributed by atoms with Gasteiger partial charge in [0.25, 0.3) is 5.91 Å². The molecule has 6 nitrogen and oxygen atoms in total. The largest absolute Gasteiger partial charge is 0.365 e. The van der Waals surface area contributed by atoms with Crippen molar-refractivity contribution < 1.29 is 9.53 Å². The minimum Gasteiger partial charge on any atom is -0.365 e. The summed E-state index contributed by atoms with van der Waals surface area (Å²) in [5, 5.41) is 10.4. The summed E-state index contributed by atoms with van der Waals surface area (Å²) in [6.07, 6.45) is 6.27. The minimum atomic E-state index is -0.652. The van der Waals surface area contributed by atoms with Crippen LogP contribution in [0.3, 0.4) is 0 Å². The topological polar surface area (TPSA) is 69.0 Å². The molecule has 1 saturated heterocycles. The van der Waals surface area contributed by atoms with Gasteiger partial charge in [-0.1, -0.05) is 5.21 Å². The Bertz CT molecular complexity index is 358. The fraction of sp³-hybridized carbons (Fsp3) is 0.727. The van der Waals surface area contributed by atoms with E-state index in [0.29, 0.717) is 19.7 Å². The summed E-state index contributed by atoms with van der Waals surface area (Å²) in [5.74, 6) is -0.0303. The molecule has 1 atom stereocenters. The number of rotatable bonds is 4. The first kappa shape index (κ1) is 12.0. The first-order valence-corrected chi connectivity index (χ1v) is 5.97. The third-order valence-electron chi connectivity index (χ3n) is 3.05. The summed E-state index contributed by atoms with van der Waals surface area (Å²) < 4.78 is 7.25. The molecule has 1 aromatic rings. The zero-order valence-electron chi connectivity index (χ0n) is 10.1. The van der Waals surface area contributed by atoms with Gasteiger partial charge in [-0.25, -0.2) is 0 Å². The lowest BCUT2D eigenvalue weighted by Crippen LogP contribution is -2.49. The van der Waals surface area contributed by atoms with Crippen LogP contribution in [0, 0.1) is 0 Å². The number of nitrogens with zero attached hydrogens (tertiary/aromatic N) is 3. The van der Waals surface area contributed by atoms with E-state index in [9.17, 15) is 4.79 Å². The number of hydrogen-bond acceptors (Lipinski definition) is 4. The van der Waals surface area contributed by atoms with Gasteiger partial charge in [-0.2, -0.15) is 0 Å². The van der Waals surface area contributed by atoms with E-state index in [4.69, 9.17) is 4.74 Å². The van der Waals surface area contributed by atoms with Crippen LogP contribution in [0.5, 0.6) is 0 Å². The Morgan fingerprint density at radius 3 is 3.12 bits per heavy atom. The molecule has 1 aliphatic heterocycles. The first-order chi connectivity index (χ1) is 8.21. The Hall–Kier alpha value is -1.43. The van der Waals surface area contributed by atoms with Gasteiger partial charge in [0, 0.05) is 19.3 Å². The summed E-state index contributed by atoms with van der Waals surface area (Å²) in [7, 11) is 0. The second kappa shape index (κ2) is 5.27. The van der Waals surface area contributed by atoms with Crippen molar-refractivity contribution in [3.8, 4) is 0 Å². The fourth-order valence-corrected chi connectivity index (χ4v) is 1.94. The lowest BCUT2D eigenvalue weighted by Gasteiger charge is -2.32. The number of hydrogen-bond donors (Lipinski definition) is 1. The monoisotopic (exact) mass is 238 g/mol. The van der Waals surface area contributed by atoms with Crippen LogP contribution >= 0.6 is 0 Å². The molecule has 1 aliphatic rings. The number of ether oxygens (including phenoxy) is 1. The highest BCUT2D eigenvalue weighted by Crippen LogP contribution is 2.24. The molecule has 0 unspecified atom stereocenters. The van der Waals surface area contributed by atoms with E-state index in [1.54, 1.807) is 17.1 Å². The molecule has 1 amide bonds. The molecule has 0 aromatic carbocycles.